The van der Waals surface area contributed by atoms with Gasteiger partial charge in [-0.1, -0.05) is 36.4 Å². The Labute approximate surface area is 136 Å². The standard InChI is InChI=1S/C19H20O4/c1-13-8-9-14(2)18(10-13)23-11-15-6-4-5-7-16(15)17(12-22-3)19(20)21/h4-12,16H,1-3H3,(H,20,21)/b15-11-,17-12-. The first-order valence-electron chi connectivity index (χ1n) is 7.28. The van der Waals surface area contributed by atoms with E-state index in [1.165, 1.54) is 13.4 Å². The molecule has 1 aromatic rings. The largest absolute Gasteiger partial charge is 0.504 e. The Hall–Kier alpha value is -2.75. The van der Waals surface area contributed by atoms with Gasteiger partial charge < -0.3 is 14.6 Å². The number of rotatable bonds is 5. The highest BCUT2D eigenvalue weighted by atomic mass is 16.5. The van der Waals surface area contributed by atoms with Crippen LogP contribution in [0.5, 0.6) is 5.75 Å². The van der Waals surface area contributed by atoms with Crippen LogP contribution in [0.1, 0.15) is 11.1 Å². The highest BCUT2D eigenvalue weighted by Gasteiger charge is 2.23. The molecule has 120 valence electrons. The predicted molar refractivity (Wildman–Crippen MR) is 89.1 cm³/mol. The lowest BCUT2D eigenvalue weighted by Crippen LogP contribution is -2.15. The van der Waals surface area contributed by atoms with Gasteiger partial charge in [-0.2, -0.15) is 0 Å². The topological polar surface area (TPSA) is 55.8 Å². The maximum absolute atomic E-state index is 11.4. The second-order valence-corrected chi connectivity index (χ2v) is 5.34. The van der Waals surface area contributed by atoms with Gasteiger partial charge in [0, 0.05) is 5.92 Å². The molecule has 0 heterocycles. The van der Waals surface area contributed by atoms with E-state index in [0.717, 1.165) is 22.4 Å². The number of hydrogen-bond donors (Lipinski definition) is 1. The van der Waals surface area contributed by atoms with Gasteiger partial charge in [-0.3, -0.25) is 0 Å². The fourth-order valence-electron chi connectivity index (χ4n) is 2.30. The minimum absolute atomic E-state index is 0.156. The molecule has 23 heavy (non-hydrogen) atoms. The summed E-state index contributed by atoms with van der Waals surface area (Å²) in [5.41, 5.74) is 3.03. The Morgan fingerprint density at radius 2 is 2.04 bits per heavy atom. The van der Waals surface area contributed by atoms with E-state index in [9.17, 15) is 9.90 Å². The fraction of sp³-hybridized carbons (Fsp3) is 0.211. The van der Waals surface area contributed by atoms with Crippen LogP contribution in [0.25, 0.3) is 0 Å². The summed E-state index contributed by atoms with van der Waals surface area (Å²) in [4.78, 5) is 11.4. The minimum atomic E-state index is -1.02. The molecule has 0 radical (unpaired) electrons. The molecule has 0 amide bonds. The van der Waals surface area contributed by atoms with E-state index in [1.54, 1.807) is 12.3 Å². The highest BCUT2D eigenvalue weighted by Crippen LogP contribution is 2.28. The van der Waals surface area contributed by atoms with Crippen molar-refractivity contribution in [3.05, 3.63) is 77.3 Å². The summed E-state index contributed by atoms with van der Waals surface area (Å²) >= 11 is 0. The molecule has 0 aromatic heterocycles. The molecule has 4 nitrogen and oxygen atoms in total. The number of carboxylic acid groups (broad SMARTS) is 1. The Morgan fingerprint density at radius 3 is 2.74 bits per heavy atom. The van der Waals surface area contributed by atoms with E-state index >= 15 is 0 Å². The molecule has 0 bridgehead atoms. The van der Waals surface area contributed by atoms with Crippen LogP contribution in [0.3, 0.4) is 0 Å². The van der Waals surface area contributed by atoms with Gasteiger partial charge in [0.2, 0.25) is 0 Å². The van der Waals surface area contributed by atoms with Gasteiger partial charge in [0.05, 0.1) is 25.2 Å². The molecule has 0 fully saturated rings. The van der Waals surface area contributed by atoms with Crippen LogP contribution >= 0.6 is 0 Å². The van der Waals surface area contributed by atoms with Crippen molar-refractivity contribution in [1.29, 1.82) is 0 Å². The first-order chi connectivity index (χ1) is 11.0. The van der Waals surface area contributed by atoms with E-state index in [0.29, 0.717) is 0 Å². The normalized spacial score (nSPS) is 19.0. The number of carboxylic acids is 1. The van der Waals surface area contributed by atoms with Crippen molar-refractivity contribution in [3.8, 4) is 5.75 Å². The van der Waals surface area contributed by atoms with Gasteiger partial charge in [0.25, 0.3) is 0 Å². The molecule has 4 heteroatoms. The lowest BCUT2D eigenvalue weighted by Gasteiger charge is -2.18. The summed E-state index contributed by atoms with van der Waals surface area (Å²) in [5.74, 6) is -0.677. The smallest absolute Gasteiger partial charge is 0.335 e. The first-order valence-corrected chi connectivity index (χ1v) is 7.28. The van der Waals surface area contributed by atoms with Crippen LogP contribution in [0.15, 0.2) is 66.2 Å². The van der Waals surface area contributed by atoms with Gasteiger partial charge in [0.15, 0.2) is 0 Å². The summed E-state index contributed by atoms with van der Waals surface area (Å²) in [6.07, 6.45) is 10.1. The molecule has 0 saturated carbocycles. The molecule has 1 N–H and O–H groups in total. The Morgan fingerprint density at radius 1 is 1.26 bits per heavy atom. The van der Waals surface area contributed by atoms with E-state index in [1.807, 2.05) is 50.3 Å². The number of methoxy groups -OCH3 is 1. The molecule has 1 aromatic carbocycles. The zero-order valence-corrected chi connectivity index (χ0v) is 13.4. The fourth-order valence-corrected chi connectivity index (χ4v) is 2.30. The third-order valence-electron chi connectivity index (χ3n) is 3.55. The maximum Gasteiger partial charge on any atom is 0.335 e. The van der Waals surface area contributed by atoms with Crippen molar-refractivity contribution >= 4 is 5.97 Å². The lowest BCUT2D eigenvalue weighted by molar-refractivity contribution is -0.133. The number of hydrogen-bond acceptors (Lipinski definition) is 3. The number of allylic oxidation sites excluding steroid dienone is 5. The number of benzene rings is 1. The van der Waals surface area contributed by atoms with Crippen LogP contribution in [0.2, 0.25) is 0 Å². The molecule has 0 saturated heterocycles. The van der Waals surface area contributed by atoms with E-state index in [2.05, 4.69) is 0 Å². The molecule has 0 aliphatic heterocycles. The van der Waals surface area contributed by atoms with Crippen molar-refractivity contribution in [2.75, 3.05) is 7.11 Å². The molecular weight excluding hydrogens is 292 g/mol. The highest BCUT2D eigenvalue weighted by molar-refractivity contribution is 5.88. The van der Waals surface area contributed by atoms with Crippen LogP contribution in [-0.4, -0.2) is 18.2 Å². The summed E-state index contributed by atoms with van der Waals surface area (Å²) in [7, 11) is 1.43. The summed E-state index contributed by atoms with van der Waals surface area (Å²) in [6.45, 7) is 3.96. The number of carbonyl (C=O) groups is 1. The van der Waals surface area contributed by atoms with E-state index in [4.69, 9.17) is 9.47 Å². The van der Waals surface area contributed by atoms with Gasteiger partial charge in [0.1, 0.15) is 5.75 Å². The number of aliphatic carboxylic acids is 1. The van der Waals surface area contributed by atoms with Crippen LogP contribution in [0.4, 0.5) is 0 Å². The molecule has 0 spiro atoms. The summed E-state index contributed by atoms with van der Waals surface area (Å²) in [6, 6.07) is 5.96. The Kier molecular flexibility index (Phi) is 5.41. The van der Waals surface area contributed by atoms with Gasteiger partial charge in [-0.25, -0.2) is 4.79 Å². The van der Waals surface area contributed by atoms with Crippen molar-refractivity contribution in [2.45, 2.75) is 13.8 Å². The SMILES string of the molecule is CO/C=C(\C(=O)O)C1C=CC=C/C1=C/Oc1cc(C)ccc1C. The molecule has 1 aliphatic rings. The van der Waals surface area contributed by atoms with Gasteiger partial charge in [-0.15, -0.1) is 0 Å². The maximum atomic E-state index is 11.4. The summed E-state index contributed by atoms with van der Waals surface area (Å²) < 4.78 is 10.7. The zero-order chi connectivity index (χ0) is 16.8. The van der Waals surface area contributed by atoms with Crippen LogP contribution in [-0.2, 0) is 9.53 Å². The second kappa shape index (κ2) is 7.49. The average molecular weight is 312 g/mol. The zero-order valence-electron chi connectivity index (χ0n) is 13.4. The Bertz CT molecular complexity index is 708. The monoisotopic (exact) mass is 312 g/mol. The average Bonchev–Trinajstić information content (AvgIpc) is 2.53. The second-order valence-electron chi connectivity index (χ2n) is 5.34. The van der Waals surface area contributed by atoms with Crippen molar-refractivity contribution in [2.24, 2.45) is 5.92 Å². The number of ether oxygens (including phenoxy) is 2. The predicted octanol–water partition coefficient (Wildman–Crippen LogP) is 3.92. The Balaban J connectivity index is 2.30. The molecule has 1 atom stereocenters. The van der Waals surface area contributed by atoms with Crippen molar-refractivity contribution < 1.29 is 19.4 Å². The number of aryl methyl sites for hydroxylation is 2. The van der Waals surface area contributed by atoms with Crippen molar-refractivity contribution in [1.82, 2.24) is 0 Å². The quantitative estimate of drug-likeness (QED) is 0.661. The van der Waals surface area contributed by atoms with Crippen LogP contribution < -0.4 is 4.74 Å². The third-order valence-corrected chi connectivity index (χ3v) is 3.55. The van der Waals surface area contributed by atoms with Gasteiger partial charge >= 0.3 is 5.97 Å². The first kappa shape index (κ1) is 16.6. The molecule has 1 unspecified atom stereocenters. The molecular formula is C19H20O4. The molecule has 1 aliphatic carbocycles. The van der Waals surface area contributed by atoms with Gasteiger partial charge in [-0.05, 0) is 36.6 Å². The molecule has 2 rings (SSSR count). The minimum Gasteiger partial charge on any atom is -0.504 e. The van der Waals surface area contributed by atoms with E-state index in [-0.39, 0.29) is 5.57 Å². The summed E-state index contributed by atoms with van der Waals surface area (Å²) in [5, 5.41) is 9.37. The van der Waals surface area contributed by atoms with Crippen LogP contribution in [0, 0.1) is 19.8 Å². The lowest BCUT2D eigenvalue weighted by atomic mass is 9.89. The van der Waals surface area contributed by atoms with Crippen molar-refractivity contribution in [3.63, 3.8) is 0 Å². The van der Waals surface area contributed by atoms with E-state index < -0.39 is 11.9 Å². The third kappa shape index (κ3) is 4.13.